The number of ether oxygens (including phenoxy) is 1. The Morgan fingerprint density at radius 1 is 1.35 bits per heavy atom. The number of rotatable bonds is 3. The van der Waals surface area contributed by atoms with Crippen molar-refractivity contribution in [3.05, 3.63) is 33.2 Å². The predicted octanol–water partition coefficient (Wildman–Crippen LogP) is 2.44. The van der Waals surface area contributed by atoms with E-state index in [9.17, 15) is 0 Å². The highest BCUT2D eigenvalue weighted by molar-refractivity contribution is 7.12. The van der Waals surface area contributed by atoms with Gasteiger partial charge in [0.25, 0.3) is 0 Å². The van der Waals surface area contributed by atoms with Crippen molar-refractivity contribution in [2.24, 2.45) is 5.84 Å². The Labute approximate surface area is 106 Å². The summed E-state index contributed by atoms with van der Waals surface area (Å²) in [5, 5.41) is 0. The van der Waals surface area contributed by atoms with Crippen LogP contribution in [0.2, 0.25) is 0 Å². The fourth-order valence-corrected chi connectivity index (χ4v) is 3.92. The van der Waals surface area contributed by atoms with Crippen LogP contribution < -0.4 is 11.3 Å². The van der Waals surface area contributed by atoms with Crippen LogP contribution in [0.1, 0.15) is 40.6 Å². The Balaban J connectivity index is 1.88. The average molecular weight is 250 g/mol. The first-order valence-electron chi connectivity index (χ1n) is 6.29. The highest BCUT2D eigenvalue weighted by atomic mass is 32.1. The third kappa shape index (κ3) is 2.12. The molecule has 1 aromatic rings. The lowest BCUT2D eigenvalue weighted by Crippen LogP contribution is -2.29. The number of nitrogens with one attached hydrogen (secondary N) is 1. The maximum absolute atomic E-state index is 5.68. The zero-order valence-electron chi connectivity index (χ0n) is 9.87. The van der Waals surface area contributed by atoms with Crippen LogP contribution in [0.25, 0.3) is 0 Å². The van der Waals surface area contributed by atoms with Crippen molar-refractivity contribution in [3.8, 4) is 0 Å². The second-order valence-corrected chi connectivity index (χ2v) is 5.82. The molecule has 0 fully saturated rings. The van der Waals surface area contributed by atoms with Crippen LogP contribution in [0.4, 0.5) is 0 Å². The quantitative estimate of drug-likeness (QED) is 0.640. The van der Waals surface area contributed by atoms with Crippen LogP contribution in [0, 0.1) is 0 Å². The summed E-state index contributed by atoms with van der Waals surface area (Å²) in [7, 11) is 0. The lowest BCUT2D eigenvalue weighted by Gasteiger charge is -2.15. The van der Waals surface area contributed by atoms with Gasteiger partial charge in [-0.1, -0.05) is 0 Å². The largest absolute Gasteiger partial charge is 0.496 e. The summed E-state index contributed by atoms with van der Waals surface area (Å²) < 4.78 is 5.62. The average Bonchev–Trinajstić information content (AvgIpc) is 2.98. The van der Waals surface area contributed by atoms with E-state index in [2.05, 4.69) is 17.6 Å². The fourth-order valence-electron chi connectivity index (χ4n) is 2.60. The number of fused-ring (bicyclic) bond motifs is 1. The van der Waals surface area contributed by atoms with E-state index in [1.165, 1.54) is 36.1 Å². The molecular weight excluding hydrogens is 232 g/mol. The highest BCUT2D eigenvalue weighted by Gasteiger charge is 2.23. The first-order valence-corrected chi connectivity index (χ1v) is 7.10. The van der Waals surface area contributed by atoms with Crippen molar-refractivity contribution >= 4 is 11.3 Å². The van der Waals surface area contributed by atoms with Crippen LogP contribution in [0.3, 0.4) is 0 Å². The molecule has 0 amide bonds. The van der Waals surface area contributed by atoms with Gasteiger partial charge >= 0.3 is 0 Å². The van der Waals surface area contributed by atoms with Gasteiger partial charge < -0.3 is 4.74 Å². The Kier molecular flexibility index (Phi) is 3.18. The molecule has 3 N–H and O–H groups in total. The van der Waals surface area contributed by atoms with E-state index in [0.29, 0.717) is 0 Å². The molecule has 0 saturated heterocycles. The predicted molar refractivity (Wildman–Crippen MR) is 69.7 cm³/mol. The summed E-state index contributed by atoms with van der Waals surface area (Å²) in [4.78, 5) is 2.85. The van der Waals surface area contributed by atoms with E-state index in [1.807, 2.05) is 11.3 Å². The van der Waals surface area contributed by atoms with Gasteiger partial charge in [0.1, 0.15) is 11.8 Å². The maximum atomic E-state index is 5.68. The second-order valence-electron chi connectivity index (χ2n) is 4.65. The van der Waals surface area contributed by atoms with Crippen molar-refractivity contribution in [1.82, 2.24) is 5.43 Å². The number of hydrogen-bond donors (Lipinski definition) is 2. The molecule has 1 aliphatic carbocycles. The zero-order valence-corrected chi connectivity index (χ0v) is 10.7. The molecular formula is C13H18N2OS. The number of nitrogens with two attached hydrogens (primary N) is 1. The Morgan fingerprint density at radius 2 is 2.24 bits per heavy atom. The number of hydrogen-bond acceptors (Lipinski definition) is 4. The molecule has 0 spiro atoms. The van der Waals surface area contributed by atoms with Gasteiger partial charge in [0.15, 0.2) is 0 Å². The van der Waals surface area contributed by atoms with Crippen molar-refractivity contribution in [2.75, 3.05) is 6.61 Å². The highest BCUT2D eigenvalue weighted by Crippen LogP contribution is 2.36. The molecule has 3 rings (SSSR count). The summed E-state index contributed by atoms with van der Waals surface area (Å²) in [6.45, 7) is 0.790. The lowest BCUT2D eigenvalue weighted by atomic mass is 9.98. The van der Waals surface area contributed by atoms with Crippen molar-refractivity contribution in [2.45, 2.75) is 38.1 Å². The molecule has 17 heavy (non-hydrogen) atoms. The van der Waals surface area contributed by atoms with E-state index >= 15 is 0 Å². The Hall–Kier alpha value is -0.840. The summed E-state index contributed by atoms with van der Waals surface area (Å²) in [5.41, 5.74) is 4.41. The summed E-state index contributed by atoms with van der Waals surface area (Å²) in [6.07, 6.45) is 8.25. The van der Waals surface area contributed by atoms with E-state index < -0.39 is 0 Å². The van der Waals surface area contributed by atoms with E-state index in [-0.39, 0.29) is 6.04 Å². The lowest BCUT2D eigenvalue weighted by molar-refractivity contribution is 0.216. The maximum Gasteiger partial charge on any atom is 0.116 e. The van der Waals surface area contributed by atoms with Crippen molar-refractivity contribution in [1.29, 1.82) is 0 Å². The Morgan fingerprint density at radius 3 is 2.94 bits per heavy atom. The molecule has 0 radical (unpaired) electrons. The third-order valence-electron chi connectivity index (χ3n) is 3.48. The van der Waals surface area contributed by atoms with Crippen LogP contribution in [-0.2, 0) is 17.6 Å². The van der Waals surface area contributed by atoms with Crippen molar-refractivity contribution < 1.29 is 4.74 Å². The van der Waals surface area contributed by atoms with E-state index in [0.717, 1.165) is 18.8 Å². The molecule has 92 valence electrons. The van der Waals surface area contributed by atoms with Crippen LogP contribution in [-0.4, -0.2) is 6.61 Å². The van der Waals surface area contributed by atoms with Gasteiger partial charge in [0.05, 0.1) is 6.61 Å². The van der Waals surface area contributed by atoms with Gasteiger partial charge in [-0.3, -0.25) is 5.84 Å². The minimum atomic E-state index is 0.0492. The molecule has 2 aliphatic rings. The van der Waals surface area contributed by atoms with Crippen molar-refractivity contribution in [3.63, 3.8) is 0 Å². The zero-order chi connectivity index (χ0) is 11.7. The molecule has 1 aromatic heterocycles. The van der Waals surface area contributed by atoms with Gasteiger partial charge in [-0.15, -0.1) is 11.3 Å². The molecule has 3 nitrogen and oxygen atoms in total. The molecule has 0 aromatic carbocycles. The van der Waals surface area contributed by atoms with Gasteiger partial charge in [0, 0.05) is 16.2 Å². The Bertz CT molecular complexity index is 415. The standard InChI is InChI=1S/C13H18N2OS/c14-15-13(10-5-3-7-16-10)12-8-9-4-1-2-6-11(9)17-12/h5,8,13,15H,1-4,6-7,14H2. The normalized spacial score (nSPS) is 20.6. The third-order valence-corrected chi connectivity index (χ3v) is 4.79. The first kappa shape index (κ1) is 11.3. The van der Waals surface area contributed by atoms with E-state index in [1.54, 1.807) is 4.88 Å². The molecule has 2 heterocycles. The van der Waals surface area contributed by atoms with Crippen LogP contribution >= 0.6 is 11.3 Å². The SMILES string of the molecule is NNC(C1=CCCO1)c1cc2c(s1)CCCC2. The van der Waals surface area contributed by atoms with Gasteiger partial charge in [-0.25, -0.2) is 5.43 Å². The number of hydrazine groups is 1. The van der Waals surface area contributed by atoms with E-state index in [4.69, 9.17) is 10.6 Å². The fraction of sp³-hybridized carbons (Fsp3) is 0.538. The van der Waals surface area contributed by atoms with Gasteiger partial charge in [-0.05, 0) is 43.4 Å². The molecule has 1 unspecified atom stereocenters. The number of aryl methyl sites for hydroxylation is 2. The van der Waals surface area contributed by atoms with Crippen LogP contribution in [0.15, 0.2) is 17.9 Å². The molecule has 1 aliphatic heterocycles. The topological polar surface area (TPSA) is 47.3 Å². The molecule has 0 bridgehead atoms. The summed E-state index contributed by atoms with van der Waals surface area (Å²) in [5.74, 6) is 6.67. The minimum absolute atomic E-state index is 0.0492. The second kappa shape index (κ2) is 4.80. The minimum Gasteiger partial charge on any atom is -0.496 e. The molecule has 0 saturated carbocycles. The first-order chi connectivity index (χ1) is 8.38. The monoisotopic (exact) mass is 250 g/mol. The molecule has 4 heteroatoms. The van der Waals surface area contributed by atoms with Crippen LogP contribution in [0.5, 0.6) is 0 Å². The van der Waals surface area contributed by atoms with Gasteiger partial charge in [-0.2, -0.15) is 0 Å². The summed E-state index contributed by atoms with van der Waals surface area (Å²) >= 11 is 1.89. The number of thiophene rings is 1. The van der Waals surface area contributed by atoms with Gasteiger partial charge in [0.2, 0.25) is 0 Å². The molecule has 1 atom stereocenters. The smallest absolute Gasteiger partial charge is 0.116 e. The summed E-state index contributed by atoms with van der Waals surface area (Å²) in [6, 6.07) is 2.36.